The van der Waals surface area contributed by atoms with Crippen molar-refractivity contribution in [3.63, 3.8) is 0 Å². The van der Waals surface area contributed by atoms with Gasteiger partial charge < -0.3 is 10.2 Å². The number of hydrogen-bond acceptors (Lipinski definition) is 4. The van der Waals surface area contributed by atoms with E-state index < -0.39 is 0 Å². The Bertz CT molecular complexity index is 311. The summed E-state index contributed by atoms with van der Waals surface area (Å²) in [5.41, 5.74) is 0. The highest BCUT2D eigenvalue weighted by Crippen LogP contribution is 2.13. The van der Waals surface area contributed by atoms with E-state index >= 15 is 0 Å². The number of aryl methyl sites for hydroxylation is 2. The summed E-state index contributed by atoms with van der Waals surface area (Å²) in [6.07, 6.45) is 2.51. The summed E-state index contributed by atoms with van der Waals surface area (Å²) >= 11 is 0. The summed E-state index contributed by atoms with van der Waals surface area (Å²) in [7, 11) is 0. The lowest BCUT2D eigenvalue weighted by molar-refractivity contribution is 0.138. The fraction of sp³-hybridized carbons (Fsp3) is 0.778. The molecule has 2 rings (SSSR count). The van der Waals surface area contributed by atoms with E-state index in [-0.39, 0.29) is 12.7 Å². The minimum Gasteiger partial charge on any atom is -0.396 e. The maximum atomic E-state index is 9.42. The van der Waals surface area contributed by atoms with Crippen molar-refractivity contribution in [3.8, 4) is 0 Å². The van der Waals surface area contributed by atoms with Gasteiger partial charge in [-0.25, -0.2) is 9.67 Å². The second-order valence-electron chi connectivity index (χ2n) is 3.64. The van der Waals surface area contributed by atoms with Crippen LogP contribution in [0.15, 0.2) is 0 Å². The predicted molar refractivity (Wildman–Crippen MR) is 49.8 cm³/mol. The highest BCUT2D eigenvalue weighted by Gasteiger charge is 2.19. The van der Waals surface area contributed by atoms with E-state index in [1.165, 1.54) is 0 Å². The van der Waals surface area contributed by atoms with Gasteiger partial charge in [-0.15, -0.1) is 0 Å². The van der Waals surface area contributed by atoms with Crippen molar-refractivity contribution in [2.75, 3.05) is 6.61 Å². The molecule has 5 heteroatoms. The molecular formula is C9H15N3O2. The normalized spacial score (nSPS) is 20.9. The average Bonchev–Trinajstić information content (AvgIpc) is 2.56. The summed E-state index contributed by atoms with van der Waals surface area (Å²) < 4.78 is 1.86. The molecule has 1 aromatic rings. The maximum Gasteiger partial charge on any atom is 0.151 e. The molecule has 14 heavy (non-hydrogen) atoms. The Balaban J connectivity index is 2.07. The van der Waals surface area contributed by atoms with Gasteiger partial charge in [0, 0.05) is 26.0 Å². The molecule has 0 fully saturated rings. The van der Waals surface area contributed by atoms with E-state index in [1.807, 2.05) is 4.68 Å². The molecule has 0 amide bonds. The largest absolute Gasteiger partial charge is 0.396 e. The molecule has 1 unspecified atom stereocenters. The SMILES string of the molecule is OCCCc1nc2n(n1)CCC(O)C2. The van der Waals surface area contributed by atoms with Crippen LogP contribution in [0.2, 0.25) is 0 Å². The van der Waals surface area contributed by atoms with Crippen molar-refractivity contribution in [1.29, 1.82) is 0 Å². The summed E-state index contributed by atoms with van der Waals surface area (Å²) in [6, 6.07) is 0. The number of fused-ring (bicyclic) bond motifs is 1. The van der Waals surface area contributed by atoms with Gasteiger partial charge >= 0.3 is 0 Å². The lowest BCUT2D eigenvalue weighted by Crippen LogP contribution is -2.23. The molecule has 1 aliphatic rings. The topological polar surface area (TPSA) is 71.2 Å². The summed E-state index contributed by atoms with van der Waals surface area (Å²) in [6.45, 7) is 0.926. The molecule has 1 aliphatic heterocycles. The van der Waals surface area contributed by atoms with Gasteiger partial charge in [0.2, 0.25) is 0 Å². The quantitative estimate of drug-likeness (QED) is 0.686. The smallest absolute Gasteiger partial charge is 0.151 e. The molecule has 1 atom stereocenters. The van der Waals surface area contributed by atoms with Gasteiger partial charge in [0.15, 0.2) is 5.82 Å². The van der Waals surface area contributed by atoms with Crippen LogP contribution in [-0.2, 0) is 19.4 Å². The third-order valence-corrected chi connectivity index (χ3v) is 2.44. The lowest BCUT2D eigenvalue weighted by Gasteiger charge is -2.16. The number of aromatic nitrogens is 3. The average molecular weight is 197 g/mol. The van der Waals surface area contributed by atoms with Crippen molar-refractivity contribution in [3.05, 3.63) is 11.6 Å². The maximum absolute atomic E-state index is 9.42. The monoisotopic (exact) mass is 197 g/mol. The summed E-state index contributed by atoms with van der Waals surface area (Å²) in [4.78, 5) is 4.32. The van der Waals surface area contributed by atoms with Crippen LogP contribution in [0, 0.1) is 0 Å². The Morgan fingerprint density at radius 3 is 3.14 bits per heavy atom. The van der Waals surface area contributed by atoms with Crippen LogP contribution < -0.4 is 0 Å². The first kappa shape index (κ1) is 9.61. The Hall–Kier alpha value is -0.940. The molecule has 0 spiro atoms. The molecule has 0 aromatic carbocycles. The zero-order valence-electron chi connectivity index (χ0n) is 8.06. The van der Waals surface area contributed by atoms with Crippen LogP contribution in [0.3, 0.4) is 0 Å². The van der Waals surface area contributed by atoms with Crippen LogP contribution >= 0.6 is 0 Å². The predicted octanol–water partition coefficient (Wildman–Crippen LogP) is -0.490. The van der Waals surface area contributed by atoms with E-state index in [0.29, 0.717) is 19.3 Å². The van der Waals surface area contributed by atoms with E-state index in [9.17, 15) is 5.11 Å². The highest BCUT2D eigenvalue weighted by molar-refractivity contribution is 4.97. The summed E-state index contributed by atoms with van der Waals surface area (Å²) in [5, 5.41) is 22.4. The second kappa shape index (κ2) is 4.06. The molecule has 5 nitrogen and oxygen atoms in total. The molecule has 78 valence electrons. The standard InChI is InChI=1S/C9H15N3O2/c13-5-1-2-8-10-9-6-7(14)3-4-12(9)11-8/h7,13-14H,1-6H2. The number of nitrogens with zero attached hydrogens (tertiary/aromatic N) is 3. The molecule has 0 bridgehead atoms. The van der Waals surface area contributed by atoms with Crippen molar-refractivity contribution in [1.82, 2.24) is 14.8 Å². The molecule has 0 aliphatic carbocycles. The molecule has 2 N–H and O–H groups in total. The summed E-state index contributed by atoms with van der Waals surface area (Å²) in [5.74, 6) is 1.65. The zero-order valence-corrected chi connectivity index (χ0v) is 8.06. The van der Waals surface area contributed by atoms with Crippen LogP contribution in [0.4, 0.5) is 0 Å². The number of hydrogen-bond donors (Lipinski definition) is 2. The van der Waals surface area contributed by atoms with Gasteiger partial charge in [0.1, 0.15) is 5.82 Å². The van der Waals surface area contributed by atoms with E-state index in [0.717, 1.165) is 24.6 Å². The molecule has 2 heterocycles. The Kier molecular flexibility index (Phi) is 2.79. The van der Waals surface area contributed by atoms with Crippen molar-refractivity contribution in [2.45, 2.75) is 38.3 Å². The third-order valence-electron chi connectivity index (χ3n) is 2.44. The van der Waals surface area contributed by atoms with Crippen molar-refractivity contribution < 1.29 is 10.2 Å². The Morgan fingerprint density at radius 1 is 1.50 bits per heavy atom. The molecular weight excluding hydrogens is 182 g/mol. The van der Waals surface area contributed by atoms with Crippen LogP contribution in [0.25, 0.3) is 0 Å². The Morgan fingerprint density at radius 2 is 2.36 bits per heavy atom. The lowest BCUT2D eigenvalue weighted by atomic mass is 10.1. The molecule has 0 saturated carbocycles. The first-order chi connectivity index (χ1) is 6.79. The molecule has 1 aromatic heterocycles. The first-order valence-corrected chi connectivity index (χ1v) is 5.01. The number of aliphatic hydroxyl groups excluding tert-OH is 2. The van der Waals surface area contributed by atoms with E-state index in [2.05, 4.69) is 10.1 Å². The van der Waals surface area contributed by atoms with E-state index in [4.69, 9.17) is 5.11 Å². The number of rotatable bonds is 3. The van der Waals surface area contributed by atoms with Crippen LogP contribution in [0.5, 0.6) is 0 Å². The van der Waals surface area contributed by atoms with Crippen molar-refractivity contribution in [2.24, 2.45) is 0 Å². The van der Waals surface area contributed by atoms with Gasteiger partial charge in [0.25, 0.3) is 0 Å². The van der Waals surface area contributed by atoms with Crippen molar-refractivity contribution >= 4 is 0 Å². The fourth-order valence-electron chi connectivity index (χ4n) is 1.68. The fourth-order valence-corrected chi connectivity index (χ4v) is 1.68. The Labute approximate surface area is 82.4 Å². The van der Waals surface area contributed by atoms with Gasteiger partial charge in [-0.3, -0.25) is 0 Å². The molecule has 0 saturated heterocycles. The minimum absolute atomic E-state index is 0.173. The zero-order chi connectivity index (χ0) is 9.97. The van der Waals surface area contributed by atoms with Crippen LogP contribution in [-0.4, -0.2) is 37.7 Å². The highest BCUT2D eigenvalue weighted by atomic mass is 16.3. The van der Waals surface area contributed by atoms with Crippen LogP contribution in [0.1, 0.15) is 24.5 Å². The third kappa shape index (κ3) is 1.93. The number of aliphatic hydroxyl groups is 2. The minimum atomic E-state index is -0.266. The van der Waals surface area contributed by atoms with Gasteiger partial charge in [-0.1, -0.05) is 0 Å². The molecule has 0 radical (unpaired) electrons. The van der Waals surface area contributed by atoms with Gasteiger partial charge in [-0.2, -0.15) is 5.10 Å². The van der Waals surface area contributed by atoms with Gasteiger partial charge in [-0.05, 0) is 12.8 Å². The van der Waals surface area contributed by atoms with Gasteiger partial charge in [0.05, 0.1) is 6.10 Å². The second-order valence-corrected chi connectivity index (χ2v) is 3.64. The first-order valence-electron chi connectivity index (χ1n) is 5.01. The van der Waals surface area contributed by atoms with E-state index in [1.54, 1.807) is 0 Å².